The Balaban J connectivity index is 2.01. The van der Waals surface area contributed by atoms with Crippen LogP contribution in [0.5, 0.6) is 0 Å². The first-order valence-electron chi connectivity index (χ1n) is 5.51. The van der Waals surface area contributed by atoms with Gasteiger partial charge in [-0.05, 0) is 54.7 Å². The predicted octanol–water partition coefficient (Wildman–Crippen LogP) is 4.02. The van der Waals surface area contributed by atoms with Gasteiger partial charge < -0.3 is 10.6 Å². The molecular formula is C14H10ClN3S. The van der Waals surface area contributed by atoms with Gasteiger partial charge in [-0.25, -0.2) is 0 Å². The summed E-state index contributed by atoms with van der Waals surface area (Å²) in [5.41, 5.74) is 2.20. The van der Waals surface area contributed by atoms with Gasteiger partial charge in [0.05, 0.1) is 11.6 Å². The number of nitriles is 1. The van der Waals surface area contributed by atoms with Crippen molar-refractivity contribution in [1.29, 1.82) is 5.26 Å². The minimum atomic E-state index is 0.456. The first kappa shape index (κ1) is 13.3. The summed E-state index contributed by atoms with van der Waals surface area (Å²) in [5.74, 6) is 0. The van der Waals surface area contributed by atoms with Crippen molar-refractivity contribution in [1.82, 2.24) is 0 Å². The van der Waals surface area contributed by atoms with E-state index in [9.17, 15) is 0 Å². The van der Waals surface area contributed by atoms with E-state index in [1.807, 2.05) is 18.2 Å². The molecule has 0 bridgehead atoms. The van der Waals surface area contributed by atoms with Crippen LogP contribution in [0.4, 0.5) is 11.4 Å². The molecule has 2 aromatic rings. The fourth-order valence-electron chi connectivity index (χ4n) is 1.49. The van der Waals surface area contributed by atoms with Gasteiger partial charge in [0, 0.05) is 16.4 Å². The minimum absolute atomic E-state index is 0.456. The number of nitrogens with zero attached hydrogens (tertiary/aromatic N) is 1. The van der Waals surface area contributed by atoms with Crippen LogP contribution >= 0.6 is 23.8 Å². The van der Waals surface area contributed by atoms with E-state index in [1.54, 1.807) is 30.3 Å². The van der Waals surface area contributed by atoms with E-state index in [0.717, 1.165) is 11.4 Å². The molecule has 0 fully saturated rings. The smallest absolute Gasteiger partial charge is 0.175 e. The molecule has 2 aromatic carbocycles. The van der Waals surface area contributed by atoms with Gasteiger partial charge in [0.2, 0.25) is 0 Å². The second-order valence-electron chi connectivity index (χ2n) is 3.78. The van der Waals surface area contributed by atoms with Crippen LogP contribution in [0.3, 0.4) is 0 Å². The number of halogens is 1. The molecular weight excluding hydrogens is 278 g/mol. The van der Waals surface area contributed by atoms with Crippen LogP contribution in [0.25, 0.3) is 0 Å². The molecule has 94 valence electrons. The second kappa shape index (κ2) is 6.19. The van der Waals surface area contributed by atoms with E-state index < -0.39 is 0 Å². The van der Waals surface area contributed by atoms with Crippen molar-refractivity contribution in [3.05, 3.63) is 59.1 Å². The topological polar surface area (TPSA) is 47.9 Å². The number of benzene rings is 2. The zero-order valence-corrected chi connectivity index (χ0v) is 11.4. The molecule has 0 unspecified atom stereocenters. The molecule has 0 spiro atoms. The molecule has 0 aliphatic rings. The Morgan fingerprint density at radius 2 is 1.74 bits per heavy atom. The van der Waals surface area contributed by atoms with Crippen molar-refractivity contribution in [2.24, 2.45) is 0 Å². The third-order valence-electron chi connectivity index (χ3n) is 2.35. The SMILES string of the molecule is N#Cc1cccc(NC(=S)Nc2ccc(Cl)cc2)c1. The molecule has 19 heavy (non-hydrogen) atoms. The summed E-state index contributed by atoms with van der Waals surface area (Å²) in [4.78, 5) is 0. The quantitative estimate of drug-likeness (QED) is 0.819. The molecule has 0 atom stereocenters. The summed E-state index contributed by atoms with van der Waals surface area (Å²) in [6, 6.07) is 16.4. The molecule has 3 nitrogen and oxygen atoms in total. The maximum atomic E-state index is 8.82. The summed E-state index contributed by atoms with van der Waals surface area (Å²) in [7, 11) is 0. The summed E-state index contributed by atoms with van der Waals surface area (Å²) in [5, 5.41) is 16.0. The van der Waals surface area contributed by atoms with Gasteiger partial charge in [-0.2, -0.15) is 5.26 Å². The highest BCUT2D eigenvalue weighted by Crippen LogP contribution is 2.14. The van der Waals surface area contributed by atoms with Crippen molar-refractivity contribution in [2.75, 3.05) is 10.6 Å². The number of hydrogen-bond donors (Lipinski definition) is 2. The Hall–Kier alpha value is -2.09. The van der Waals surface area contributed by atoms with E-state index in [0.29, 0.717) is 15.7 Å². The van der Waals surface area contributed by atoms with Crippen molar-refractivity contribution in [2.45, 2.75) is 0 Å². The van der Waals surface area contributed by atoms with Gasteiger partial charge in [-0.3, -0.25) is 0 Å². The van der Waals surface area contributed by atoms with E-state index in [2.05, 4.69) is 16.7 Å². The van der Waals surface area contributed by atoms with Gasteiger partial charge in [-0.15, -0.1) is 0 Å². The Labute approximate surface area is 121 Å². The highest BCUT2D eigenvalue weighted by molar-refractivity contribution is 7.80. The lowest BCUT2D eigenvalue weighted by atomic mass is 10.2. The van der Waals surface area contributed by atoms with Crippen molar-refractivity contribution in [3.63, 3.8) is 0 Å². The third-order valence-corrected chi connectivity index (χ3v) is 2.81. The molecule has 0 heterocycles. The van der Waals surface area contributed by atoms with Crippen molar-refractivity contribution in [3.8, 4) is 6.07 Å². The molecule has 2 rings (SSSR count). The van der Waals surface area contributed by atoms with Crippen molar-refractivity contribution >= 4 is 40.3 Å². The largest absolute Gasteiger partial charge is 0.332 e. The van der Waals surface area contributed by atoms with Gasteiger partial charge in [0.15, 0.2) is 5.11 Å². The number of anilines is 2. The van der Waals surface area contributed by atoms with Crippen LogP contribution < -0.4 is 10.6 Å². The predicted molar refractivity (Wildman–Crippen MR) is 82.5 cm³/mol. The lowest BCUT2D eigenvalue weighted by molar-refractivity contribution is 1.48. The fourth-order valence-corrected chi connectivity index (χ4v) is 1.85. The highest BCUT2D eigenvalue weighted by atomic mass is 35.5. The second-order valence-corrected chi connectivity index (χ2v) is 4.62. The zero-order chi connectivity index (χ0) is 13.7. The Bertz CT molecular complexity index is 632. The molecule has 2 N–H and O–H groups in total. The molecule has 0 aliphatic carbocycles. The van der Waals surface area contributed by atoms with Crippen LogP contribution in [0.2, 0.25) is 5.02 Å². The molecule has 0 aromatic heterocycles. The van der Waals surface area contributed by atoms with Crippen LogP contribution in [0, 0.1) is 11.3 Å². The standard InChI is InChI=1S/C14H10ClN3S/c15-11-4-6-12(7-5-11)17-14(19)18-13-3-1-2-10(8-13)9-16/h1-8H,(H2,17,18,19). The summed E-state index contributed by atoms with van der Waals surface area (Å²) in [6.07, 6.45) is 0. The van der Waals surface area contributed by atoms with E-state index in [-0.39, 0.29) is 0 Å². The van der Waals surface area contributed by atoms with Crippen molar-refractivity contribution < 1.29 is 0 Å². The average molecular weight is 288 g/mol. The first-order valence-corrected chi connectivity index (χ1v) is 6.30. The van der Waals surface area contributed by atoms with Crippen LogP contribution in [0.1, 0.15) is 5.56 Å². The number of rotatable bonds is 2. The van der Waals surface area contributed by atoms with Gasteiger partial charge in [0.25, 0.3) is 0 Å². The summed E-state index contributed by atoms with van der Waals surface area (Å²) >= 11 is 11.0. The molecule has 0 amide bonds. The number of thiocarbonyl (C=S) groups is 1. The maximum absolute atomic E-state index is 8.82. The lowest BCUT2D eigenvalue weighted by Gasteiger charge is -2.10. The minimum Gasteiger partial charge on any atom is -0.332 e. The van der Waals surface area contributed by atoms with E-state index >= 15 is 0 Å². The molecule has 0 saturated heterocycles. The molecule has 5 heteroatoms. The lowest BCUT2D eigenvalue weighted by Crippen LogP contribution is -2.18. The highest BCUT2D eigenvalue weighted by Gasteiger charge is 2.00. The Morgan fingerprint density at radius 3 is 2.42 bits per heavy atom. The Morgan fingerprint density at radius 1 is 1.05 bits per heavy atom. The van der Waals surface area contributed by atoms with Gasteiger partial charge >= 0.3 is 0 Å². The van der Waals surface area contributed by atoms with Crippen LogP contribution in [-0.4, -0.2) is 5.11 Å². The molecule has 0 saturated carbocycles. The van der Waals surface area contributed by atoms with Crippen LogP contribution in [0.15, 0.2) is 48.5 Å². The third kappa shape index (κ3) is 3.95. The average Bonchev–Trinajstić information content (AvgIpc) is 2.41. The summed E-state index contributed by atoms with van der Waals surface area (Å²) in [6.45, 7) is 0. The van der Waals surface area contributed by atoms with E-state index in [1.165, 1.54) is 0 Å². The zero-order valence-electron chi connectivity index (χ0n) is 9.85. The fraction of sp³-hybridized carbons (Fsp3) is 0. The van der Waals surface area contributed by atoms with Gasteiger partial charge in [0.1, 0.15) is 0 Å². The maximum Gasteiger partial charge on any atom is 0.175 e. The monoisotopic (exact) mass is 287 g/mol. The Kier molecular flexibility index (Phi) is 4.35. The van der Waals surface area contributed by atoms with E-state index in [4.69, 9.17) is 29.1 Å². The molecule has 0 radical (unpaired) electrons. The number of hydrogen-bond acceptors (Lipinski definition) is 2. The van der Waals surface area contributed by atoms with Crippen LogP contribution in [-0.2, 0) is 0 Å². The molecule has 0 aliphatic heterocycles. The normalized spacial score (nSPS) is 9.47. The van der Waals surface area contributed by atoms with Gasteiger partial charge in [-0.1, -0.05) is 17.7 Å². The number of nitrogens with one attached hydrogen (secondary N) is 2. The first-order chi connectivity index (χ1) is 9.17. The summed E-state index contributed by atoms with van der Waals surface area (Å²) < 4.78 is 0.